The molecular formula is C28H31ClFN3O4S. The summed E-state index contributed by atoms with van der Waals surface area (Å²) >= 11 is 6.16. The van der Waals surface area contributed by atoms with Gasteiger partial charge in [-0.25, -0.2) is 12.8 Å². The highest BCUT2D eigenvalue weighted by molar-refractivity contribution is 7.92. The molecular weight excluding hydrogens is 529 g/mol. The van der Waals surface area contributed by atoms with Crippen LogP contribution in [0.4, 0.5) is 10.1 Å². The normalized spacial score (nSPS) is 12.0. The molecule has 0 bridgehead atoms. The minimum absolute atomic E-state index is 0.00901. The van der Waals surface area contributed by atoms with Gasteiger partial charge in [0.05, 0.1) is 10.6 Å². The quantitative estimate of drug-likeness (QED) is 0.361. The number of nitrogens with one attached hydrogen (secondary N) is 1. The van der Waals surface area contributed by atoms with Crippen LogP contribution in [0.25, 0.3) is 0 Å². The maximum absolute atomic E-state index is 14.5. The van der Waals surface area contributed by atoms with E-state index in [0.29, 0.717) is 13.0 Å². The molecule has 7 nitrogen and oxygen atoms in total. The van der Waals surface area contributed by atoms with Crippen molar-refractivity contribution in [1.82, 2.24) is 10.2 Å². The van der Waals surface area contributed by atoms with Gasteiger partial charge >= 0.3 is 0 Å². The van der Waals surface area contributed by atoms with Crippen LogP contribution in [0.15, 0.2) is 77.7 Å². The Hall–Kier alpha value is -3.43. The predicted octanol–water partition coefficient (Wildman–Crippen LogP) is 4.93. The van der Waals surface area contributed by atoms with E-state index in [9.17, 15) is 22.4 Å². The van der Waals surface area contributed by atoms with Crippen molar-refractivity contribution in [2.45, 2.75) is 44.7 Å². The fourth-order valence-electron chi connectivity index (χ4n) is 3.79. The summed E-state index contributed by atoms with van der Waals surface area (Å²) in [5.41, 5.74) is 1.25. The van der Waals surface area contributed by atoms with Crippen molar-refractivity contribution in [2.75, 3.05) is 17.4 Å². The molecule has 0 saturated carbocycles. The van der Waals surface area contributed by atoms with E-state index in [1.165, 1.54) is 54.3 Å². The van der Waals surface area contributed by atoms with Crippen LogP contribution in [0.1, 0.15) is 31.4 Å². The molecule has 0 aliphatic heterocycles. The number of benzene rings is 3. The summed E-state index contributed by atoms with van der Waals surface area (Å²) in [5, 5.41) is 3.03. The number of aryl methyl sites for hydroxylation is 1. The zero-order valence-electron chi connectivity index (χ0n) is 21.5. The average molecular weight is 560 g/mol. The molecule has 0 aromatic heterocycles. The van der Waals surface area contributed by atoms with Crippen molar-refractivity contribution < 1.29 is 22.4 Å². The van der Waals surface area contributed by atoms with E-state index in [1.54, 1.807) is 30.3 Å². The maximum atomic E-state index is 14.5. The van der Waals surface area contributed by atoms with E-state index < -0.39 is 40.2 Å². The number of sulfonamides is 1. The summed E-state index contributed by atoms with van der Waals surface area (Å²) in [6.45, 7) is 4.81. The summed E-state index contributed by atoms with van der Waals surface area (Å²) in [6.07, 6.45) is 0.692. The molecule has 0 radical (unpaired) electrons. The number of amides is 2. The van der Waals surface area contributed by atoms with Crippen molar-refractivity contribution in [3.8, 4) is 0 Å². The molecule has 1 atom stereocenters. The van der Waals surface area contributed by atoms with Crippen LogP contribution in [-0.2, 0) is 26.2 Å². The van der Waals surface area contributed by atoms with Crippen LogP contribution in [-0.4, -0.2) is 44.3 Å². The lowest BCUT2D eigenvalue weighted by molar-refractivity contribution is -0.139. The van der Waals surface area contributed by atoms with E-state index in [-0.39, 0.29) is 27.7 Å². The second-order valence-electron chi connectivity index (χ2n) is 8.88. The second kappa shape index (κ2) is 12.9. The van der Waals surface area contributed by atoms with Gasteiger partial charge in [0, 0.05) is 23.7 Å². The predicted molar refractivity (Wildman–Crippen MR) is 147 cm³/mol. The Morgan fingerprint density at radius 2 is 1.71 bits per heavy atom. The largest absolute Gasteiger partial charge is 0.354 e. The van der Waals surface area contributed by atoms with Gasteiger partial charge in [0.2, 0.25) is 11.8 Å². The highest BCUT2D eigenvalue weighted by Gasteiger charge is 2.32. The molecule has 10 heteroatoms. The Kier molecular flexibility index (Phi) is 9.88. The van der Waals surface area contributed by atoms with Gasteiger partial charge in [0.25, 0.3) is 10.0 Å². The summed E-state index contributed by atoms with van der Waals surface area (Å²) in [5.74, 6) is -1.64. The molecule has 0 aliphatic rings. The smallest absolute Gasteiger partial charge is 0.264 e. The van der Waals surface area contributed by atoms with Gasteiger partial charge in [-0.3, -0.25) is 13.9 Å². The van der Waals surface area contributed by atoms with Gasteiger partial charge < -0.3 is 10.2 Å². The summed E-state index contributed by atoms with van der Waals surface area (Å²) in [4.78, 5) is 27.8. The first-order valence-corrected chi connectivity index (χ1v) is 14.0. The minimum Gasteiger partial charge on any atom is -0.354 e. The van der Waals surface area contributed by atoms with Gasteiger partial charge in [0.1, 0.15) is 18.4 Å². The van der Waals surface area contributed by atoms with Gasteiger partial charge in [-0.2, -0.15) is 0 Å². The fraction of sp³-hybridized carbons (Fsp3) is 0.286. The Labute approximate surface area is 228 Å². The minimum atomic E-state index is -4.20. The highest BCUT2D eigenvalue weighted by atomic mass is 35.5. The third kappa shape index (κ3) is 7.11. The first kappa shape index (κ1) is 29.1. The highest BCUT2D eigenvalue weighted by Crippen LogP contribution is 2.27. The van der Waals surface area contributed by atoms with Crippen molar-refractivity contribution >= 4 is 39.1 Å². The van der Waals surface area contributed by atoms with Crippen molar-refractivity contribution in [1.29, 1.82) is 0 Å². The third-order valence-electron chi connectivity index (χ3n) is 6.00. The molecule has 0 saturated heterocycles. The third-order valence-corrected chi connectivity index (χ3v) is 8.02. The number of anilines is 1. The Morgan fingerprint density at radius 3 is 2.34 bits per heavy atom. The molecule has 0 fully saturated rings. The average Bonchev–Trinajstić information content (AvgIpc) is 2.89. The van der Waals surface area contributed by atoms with Gasteiger partial charge in [-0.15, -0.1) is 0 Å². The number of hydrogen-bond acceptors (Lipinski definition) is 4. The molecule has 3 aromatic carbocycles. The van der Waals surface area contributed by atoms with Crippen molar-refractivity contribution in [3.63, 3.8) is 0 Å². The van der Waals surface area contributed by atoms with E-state index in [0.717, 1.165) is 9.87 Å². The Balaban J connectivity index is 2.03. The molecule has 0 aliphatic carbocycles. The molecule has 38 heavy (non-hydrogen) atoms. The maximum Gasteiger partial charge on any atom is 0.264 e. The lowest BCUT2D eigenvalue weighted by Crippen LogP contribution is -2.51. The molecule has 202 valence electrons. The summed E-state index contributed by atoms with van der Waals surface area (Å²) in [7, 11) is -4.20. The van der Waals surface area contributed by atoms with E-state index in [4.69, 9.17) is 11.6 Å². The SMILES string of the molecule is CCCNC(=O)[C@H](C)N(Cc1ccccc1F)C(=O)CN(c1cccc(Cl)c1)S(=O)(=O)c1ccc(C)cc1. The van der Waals surface area contributed by atoms with E-state index in [1.807, 2.05) is 13.8 Å². The Morgan fingerprint density at radius 1 is 1.03 bits per heavy atom. The number of carbonyl (C=O) groups is 2. The van der Waals surface area contributed by atoms with Crippen LogP contribution in [0.5, 0.6) is 0 Å². The number of carbonyl (C=O) groups excluding carboxylic acids is 2. The van der Waals surface area contributed by atoms with Gasteiger partial charge in [-0.1, -0.05) is 60.5 Å². The number of halogens is 2. The number of nitrogens with zero attached hydrogens (tertiary/aromatic N) is 2. The number of hydrogen-bond donors (Lipinski definition) is 1. The van der Waals surface area contributed by atoms with Crippen LogP contribution in [0.3, 0.4) is 0 Å². The summed E-state index contributed by atoms with van der Waals surface area (Å²) in [6, 6.07) is 17.3. The fourth-order valence-corrected chi connectivity index (χ4v) is 5.38. The molecule has 3 aromatic rings. The van der Waals surface area contributed by atoms with Crippen molar-refractivity contribution in [2.24, 2.45) is 0 Å². The molecule has 0 unspecified atom stereocenters. The van der Waals surface area contributed by atoms with Gasteiger partial charge in [-0.05, 0) is 56.7 Å². The van der Waals surface area contributed by atoms with Crippen LogP contribution in [0.2, 0.25) is 5.02 Å². The first-order chi connectivity index (χ1) is 18.0. The molecule has 0 heterocycles. The topological polar surface area (TPSA) is 86.8 Å². The lowest BCUT2D eigenvalue weighted by Gasteiger charge is -2.32. The molecule has 3 rings (SSSR count). The van der Waals surface area contributed by atoms with Crippen molar-refractivity contribution in [3.05, 3.63) is 94.8 Å². The van der Waals surface area contributed by atoms with Crippen LogP contribution in [0, 0.1) is 12.7 Å². The molecule has 2 amide bonds. The van der Waals surface area contributed by atoms with Gasteiger partial charge in [0.15, 0.2) is 0 Å². The monoisotopic (exact) mass is 559 g/mol. The standard InChI is InChI=1S/C28H31ClFN3O4S/c1-4-16-31-28(35)21(3)32(18-22-8-5-6-11-26(22)30)27(34)19-33(24-10-7-9-23(29)17-24)38(36,37)25-14-12-20(2)13-15-25/h5-15,17,21H,4,16,18-19H2,1-3H3,(H,31,35)/t21-/m0/s1. The molecule has 0 spiro atoms. The van der Waals surface area contributed by atoms with Crippen LogP contribution < -0.4 is 9.62 Å². The number of rotatable bonds is 11. The summed E-state index contributed by atoms with van der Waals surface area (Å²) < 4.78 is 43.0. The Bertz CT molecular complexity index is 1380. The van der Waals surface area contributed by atoms with E-state index in [2.05, 4.69) is 5.32 Å². The van der Waals surface area contributed by atoms with E-state index >= 15 is 0 Å². The zero-order chi connectivity index (χ0) is 27.9. The first-order valence-electron chi connectivity index (χ1n) is 12.2. The second-order valence-corrected chi connectivity index (χ2v) is 11.2. The molecule has 1 N–H and O–H groups in total. The zero-order valence-corrected chi connectivity index (χ0v) is 23.1. The van der Waals surface area contributed by atoms with Crippen LogP contribution >= 0.6 is 11.6 Å². The lowest BCUT2D eigenvalue weighted by atomic mass is 10.1.